The van der Waals surface area contributed by atoms with Crippen LogP contribution in [0.25, 0.3) is 182 Å². The van der Waals surface area contributed by atoms with Gasteiger partial charge in [0.05, 0.1) is 11.0 Å². The Balaban J connectivity index is 0.000000113. The molecule has 0 atom stereocenters. The van der Waals surface area contributed by atoms with Gasteiger partial charge in [0, 0.05) is 124 Å². The molecule has 2 aliphatic rings. The zero-order valence-electron chi connectivity index (χ0n) is 76.5. The first-order chi connectivity index (χ1) is 64.9. The van der Waals surface area contributed by atoms with E-state index in [9.17, 15) is 0 Å². The van der Waals surface area contributed by atoms with Gasteiger partial charge in [-0.3, -0.25) is 0 Å². The van der Waals surface area contributed by atoms with E-state index in [2.05, 4.69) is 303 Å². The second-order valence-corrected chi connectivity index (χ2v) is 47.3. The first-order valence-electron chi connectivity index (χ1n) is 46.7. The average molecular weight is 2340 g/mol. The van der Waals surface area contributed by atoms with E-state index in [1.807, 2.05) is 134 Å². The van der Waals surface area contributed by atoms with E-state index in [1.54, 1.807) is 18.6 Å². The van der Waals surface area contributed by atoms with Crippen LogP contribution in [0.1, 0.15) is 112 Å². The molecule has 12 aromatic carbocycles. The van der Waals surface area contributed by atoms with E-state index in [-0.39, 0.29) is 60.3 Å². The van der Waals surface area contributed by atoms with Crippen molar-refractivity contribution in [2.24, 2.45) is 5.92 Å². The first kappa shape index (κ1) is 92.9. The molecule has 26 rings (SSSR count). The van der Waals surface area contributed by atoms with E-state index in [0.717, 1.165) is 74.0 Å². The predicted molar refractivity (Wildman–Crippen MR) is 553 cm³/mol. The van der Waals surface area contributed by atoms with Crippen LogP contribution in [0.3, 0.4) is 0 Å². The zero-order chi connectivity index (χ0) is 89.2. The summed E-state index contributed by atoms with van der Waals surface area (Å²) in [6.07, 6.45) is 26.1. The van der Waals surface area contributed by atoms with Crippen molar-refractivity contribution in [1.29, 1.82) is 0 Å². The summed E-state index contributed by atoms with van der Waals surface area (Å²) in [6.45, 7) is 6.83. The third-order valence-electron chi connectivity index (χ3n) is 26.7. The fourth-order valence-electron chi connectivity index (χ4n) is 20.5. The largest absolute Gasteiger partial charge is 0.350 e. The molecule has 9 nitrogen and oxygen atoms in total. The summed E-state index contributed by atoms with van der Waals surface area (Å²) in [4.78, 5) is 27.2. The molecule has 671 valence electrons. The van der Waals surface area contributed by atoms with Crippen LogP contribution in [0.4, 0.5) is 0 Å². The minimum Gasteiger partial charge on any atom is -0.350 e. The second-order valence-electron chi connectivity index (χ2n) is 36.7. The van der Waals surface area contributed by atoms with E-state index in [0.29, 0.717) is 17.8 Å². The van der Waals surface area contributed by atoms with Crippen LogP contribution in [0.2, 0.25) is 17.3 Å². The van der Waals surface area contributed by atoms with E-state index >= 15 is 0 Å². The SMILES string of the molecule is CC(C)Cc1cc(-c2[c-]cc3c(c2)c2cccc4c5ccccc5n3c24)nc[c]1[Ge]([CH3])([CH3])[CH3].Cc1cnc(-c2[c-]cc3c(c2)c2cccc4c5ccccc5n3c24)cc1C1CCCCC1.[Ir].[Ir].[Ir].[c-]1cc2c(cc1-c1cc(C3CCCCC3)ccn1)c1cccc3c4ccccc4n2c13.[c-]1ccccc1-c1ccccn1.[c-]1ccccc1-c1ccccn1.[c-]1ccccc1-c1ccccn1. The Morgan fingerprint density at radius 2 is 0.652 bits per heavy atom. The fraction of sp³-hybridized carbons (Fsp3) is 0.164. The monoisotopic (exact) mass is 2340 g/mol. The number of rotatable bonds is 11. The molecule has 0 bridgehead atoms. The molecule has 0 aliphatic heterocycles. The quantitative estimate of drug-likeness (QED) is 0.0947. The number of hydrogen-bond donors (Lipinski definition) is 0. The van der Waals surface area contributed by atoms with Gasteiger partial charge in [-0.05, 0) is 142 Å². The third kappa shape index (κ3) is 18.8. The maximum absolute atomic E-state index is 4.95. The molecule has 135 heavy (non-hydrogen) atoms. The molecule has 3 radical (unpaired) electrons. The summed E-state index contributed by atoms with van der Waals surface area (Å²) < 4.78 is 8.75. The van der Waals surface area contributed by atoms with Crippen LogP contribution in [0.15, 0.2) is 353 Å². The number of aromatic nitrogens is 9. The average Bonchev–Trinajstić information content (AvgIpc) is 1.56. The summed E-state index contributed by atoms with van der Waals surface area (Å²) in [5.74, 6) is 9.38. The predicted octanol–water partition coefficient (Wildman–Crippen LogP) is 30.9. The topological polar surface area (TPSA) is 90.6 Å². The molecule has 2 saturated carbocycles. The van der Waals surface area contributed by atoms with Crippen LogP contribution in [0, 0.1) is 49.2 Å². The molecule has 0 amide bonds. The number of benzene rings is 12. The number of fused-ring (bicyclic) bond motifs is 18. The summed E-state index contributed by atoms with van der Waals surface area (Å²) >= 11 is -1.99. The van der Waals surface area contributed by atoms with Gasteiger partial charge >= 0.3 is 192 Å². The molecule has 2 aliphatic carbocycles. The minimum absolute atomic E-state index is 0. The maximum Gasteiger partial charge on any atom is 0.0516 e. The molecular formula is C122H101GeIr3N9-6. The van der Waals surface area contributed by atoms with Crippen molar-refractivity contribution >= 4 is 132 Å². The Bertz CT molecular complexity index is 7860. The Morgan fingerprint density at radius 3 is 1.03 bits per heavy atom. The second kappa shape index (κ2) is 41.3. The van der Waals surface area contributed by atoms with Gasteiger partial charge in [-0.2, -0.15) is 0 Å². The van der Waals surface area contributed by atoms with Crippen molar-refractivity contribution in [1.82, 2.24) is 43.1 Å². The van der Waals surface area contributed by atoms with Crippen LogP contribution >= 0.6 is 0 Å². The van der Waals surface area contributed by atoms with Crippen LogP contribution in [0.5, 0.6) is 0 Å². The van der Waals surface area contributed by atoms with Gasteiger partial charge in [0.2, 0.25) is 0 Å². The van der Waals surface area contributed by atoms with Gasteiger partial charge in [-0.25, -0.2) is 0 Å². The number of pyridine rings is 6. The summed E-state index contributed by atoms with van der Waals surface area (Å²) in [5.41, 5.74) is 29.6. The van der Waals surface area contributed by atoms with Crippen LogP contribution in [-0.2, 0) is 66.7 Å². The maximum atomic E-state index is 4.95. The number of hydrogen-bond acceptors (Lipinski definition) is 6. The van der Waals surface area contributed by atoms with E-state index < -0.39 is 13.3 Å². The van der Waals surface area contributed by atoms with Gasteiger partial charge < -0.3 is 33.7 Å². The number of aryl methyl sites for hydroxylation is 1. The standard InChI is InChI=1S/C30H29GeN2.C30H25N2.C29H23N2.3C11H8N.3Ir/c1-19(2)15-21-17-27(32-18-26(21)31(3,4)5)20-13-14-29-25(16-20)24-11-8-10-23-22-9-6-7-12-28(22)33(29)30(23)24;1-19-18-31-27(17-25(19)20-8-3-2-4-9-20)21-14-15-29-26(16-21)24-12-7-11-23-22-10-5-6-13-28(22)32(29)30(23)24;1-2-7-19(8-3-1)20-15-16-30-26(18-20)21-13-14-28-25(17-21)24-11-6-10-23-22-9-4-5-12-27(22)31(28)29(23)24;3*1-2-6-10(7-3-1)11-8-4-5-9-12-11;;;/h6-12,14,16-19H,15H2,1-5H3;5-7,10-13,15-18,20H,2-4,8-9H2,1H3;4-6,9-12,14-19H,1-3,7-8H2;3*1-6,8-9H;;;/q6*-1;;;. The van der Waals surface area contributed by atoms with Crippen molar-refractivity contribution in [3.8, 4) is 67.5 Å². The van der Waals surface area contributed by atoms with Crippen LogP contribution in [-0.4, -0.2) is 56.4 Å². The molecule has 0 unspecified atom stereocenters. The molecule has 2 fully saturated rings. The zero-order valence-corrected chi connectivity index (χ0v) is 85.8. The van der Waals surface area contributed by atoms with Gasteiger partial charge in [0.15, 0.2) is 0 Å². The Kier molecular flexibility index (Phi) is 28.4. The Hall–Kier alpha value is -12.6. The summed E-state index contributed by atoms with van der Waals surface area (Å²) in [6, 6.07) is 130. The molecule has 12 heterocycles. The van der Waals surface area contributed by atoms with Crippen molar-refractivity contribution in [2.75, 3.05) is 0 Å². The van der Waals surface area contributed by atoms with E-state index in [1.165, 1.54) is 205 Å². The fourth-order valence-corrected chi connectivity index (χ4v) is 23.9. The number of para-hydroxylation sites is 6. The summed E-state index contributed by atoms with van der Waals surface area (Å²) in [7, 11) is 0. The van der Waals surface area contributed by atoms with Crippen molar-refractivity contribution in [3.05, 3.63) is 411 Å². The normalized spacial score (nSPS) is 13.0. The van der Waals surface area contributed by atoms with Gasteiger partial charge in [-0.15, -0.1) is 155 Å². The van der Waals surface area contributed by atoms with Crippen LogP contribution < -0.4 is 4.40 Å². The molecule has 0 N–H and O–H groups in total. The van der Waals surface area contributed by atoms with Gasteiger partial charge in [-0.1, -0.05) is 182 Å². The van der Waals surface area contributed by atoms with Crippen molar-refractivity contribution in [2.45, 2.75) is 121 Å². The molecule has 0 saturated heterocycles. The smallest absolute Gasteiger partial charge is 0.0516 e. The van der Waals surface area contributed by atoms with Gasteiger partial charge in [0.25, 0.3) is 0 Å². The Morgan fingerprint density at radius 1 is 0.304 bits per heavy atom. The Labute approximate surface area is 833 Å². The molecule has 24 aromatic rings. The van der Waals surface area contributed by atoms with Gasteiger partial charge in [0.1, 0.15) is 0 Å². The van der Waals surface area contributed by atoms with E-state index in [4.69, 9.17) is 15.0 Å². The minimum atomic E-state index is -1.99. The third-order valence-corrected chi connectivity index (χ3v) is 31.1. The molecule has 12 aromatic heterocycles. The first-order valence-corrected chi connectivity index (χ1v) is 54.1. The molecule has 0 spiro atoms. The number of nitrogens with zero attached hydrogens (tertiary/aromatic N) is 9. The molecule has 13 heteroatoms. The summed E-state index contributed by atoms with van der Waals surface area (Å²) in [5, 5.41) is 15.7. The van der Waals surface area contributed by atoms with Crippen molar-refractivity contribution < 1.29 is 60.3 Å². The van der Waals surface area contributed by atoms with Crippen molar-refractivity contribution in [3.63, 3.8) is 0 Å². The molecular weight excluding hydrogens is 2240 g/mol.